The molecule has 4 aliphatic heterocycles. The van der Waals surface area contributed by atoms with E-state index in [-0.39, 0.29) is 11.4 Å². The number of para-hydroxylation sites is 1. The molecule has 4 aliphatic rings. The summed E-state index contributed by atoms with van der Waals surface area (Å²) in [5, 5.41) is 1.15. The van der Waals surface area contributed by atoms with Crippen molar-refractivity contribution in [1.82, 2.24) is 19.2 Å². The zero-order valence-electron chi connectivity index (χ0n) is 21.3. The number of nitrogens with zero attached hydrogens (tertiary/aromatic N) is 6. The van der Waals surface area contributed by atoms with E-state index in [1.807, 2.05) is 19.0 Å². The van der Waals surface area contributed by atoms with Crippen molar-refractivity contribution in [3.63, 3.8) is 0 Å². The highest BCUT2D eigenvalue weighted by molar-refractivity contribution is 7.09. The molecule has 2 amide bonds. The highest BCUT2D eigenvalue weighted by atomic mass is 32.1. The number of rotatable bonds is 3. The molecule has 2 bridgehead atoms. The normalized spacial score (nSPS) is 27.8. The fourth-order valence-corrected chi connectivity index (χ4v) is 8.16. The van der Waals surface area contributed by atoms with Crippen molar-refractivity contribution in [3.8, 4) is 0 Å². The molecule has 6 rings (SSSR count). The lowest BCUT2D eigenvalue weighted by atomic mass is 9.67. The topological polar surface area (TPSA) is 55.8 Å². The number of anilines is 2. The number of aryl methyl sites for hydroxylation is 1. The number of fused-ring (bicyclic) bond motifs is 4. The lowest BCUT2D eigenvalue weighted by Gasteiger charge is -2.51. The standard InChI is InChI=1S/C27H38N6OS/c1-4-24-28-25(35-29-24)33-19-9-10-20(33)18-21(17-19)31-14-11-27(12-15-31)13-16-32(26(34)30(2)3)23-8-6-5-7-22(23)27/h5-8,19-21H,4,9-18H2,1-3H3/t19-,20?,21?/m1/s1. The Kier molecular flexibility index (Phi) is 6.00. The van der Waals surface area contributed by atoms with Crippen LogP contribution in [0.5, 0.6) is 0 Å². The van der Waals surface area contributed by atoms with Crippen molar-refractivity contribution >= 4 is 28.4 Å². The summed E-state index contributed by atoms with van der Waals surface area (Å²) in [4.78, 5) is 26.8. The number of urea groups is 1. The second-order valence-corrected chi connectivity index (χ2v) is 11.9. The van der Waals surface area contributed by atoms with Gasteiger partial charge < -0.3 is 14.7 Å². The lowest BCUT2D eigenvalue weighted by Crippen LogP contribution is -2.55. The predicted molar refractivity (Wildman–Crippen MR) is 142 cm³/mol. The van der Waals surface area contributed by atoms with Crippen molar-refractivity contribution in [3.05, 3.63) is 35.7 Å². The van der Waals surface area contributed by atoms with E-state index >= 15 is 0 Å². The fourth-order valence-electron chi connectivity index (χ4n) is 7.27. The molecule has 0 radical (unpaired) electrons. The Morgan fingerprint density at radius 2 is 1.74 bits per heavy atom. The molecule has 2 aromatic rings. The maximum Gasteiger partial charge on any atom is 0.323 e. The van der Waals surface area contributed by atoms with Crippen LogP contribution in [0.15, 0.2) is 24.3 Å². The van der Waals surface area contributed by atoms with E-state index in [2.05, 4.69) is 45.4 Å². The van der Waals surface area contributed by atoms with E-state index in [1.165, 1.54) is 57.2 Å². The molecule has 35 heavy (non-hydrogen) atoms. The summed E-state index contributed by atoms with van der Waals surface area (Å²) < 4.78 is 4.56. The van der Waals surface area contributed by atoms with Gasteiger partial charge in [-0.15, -0.1) is 0 Å². The summed E-state index contributed by atoms with van der Waals surface area (Å²) in [6.07, 6.45) is 9.48. The van der Waals surface area contributed by atoms with Gasteiger partial charge in [-0.3, -0.25) is 4.90 Å². The first-order valence-electron chi connectivity index (χ1n) is 13.4. The van der Waals surface area contributed by atoms with Crippen LogP contribution < -0.4 is 9.80 Å². The molecule has 1 aromatic heterocycles. The summed E-state index contributed by atoms with van der Waals surface area (Å²) in [5.74, 6) is 0.992. The Morgan fingerprint density at radius 3 is 2.40 bits per heavy atom. The molecule has 8 heteroatoms. The number of piperidine rings is 2. The average Bonchev–Trinajstić information content (AvgIpc) is 3.45. The number of aromatic nitrogens is 2. The van der Waals surface area contributed by atoms with Crippen molar-refractivity contribution in [2.75, 3.05) is 43.5 Å². The van der Waals surface area contributed by atoms with Gasteiger partial charge in [0.25, 0.3) is 0 Å². The quantitative estimate of drug-likeness (QED) is 0.628. The van der Waals surface area contributed by atoms with E-state index in [4.69, 9.17) is 4.98 Å². The first-order valence-corrected chi connectivity index (χ1v) is 14.2. The molecule has 7 nitrogen and oxygen atoms in total. The molecule has 188 valence electrons. The smallest absolute Gasteiger partial charge is 0.323 e. The first-order chi connectivity index (χ1) is 17.0. The minimum Gasteiger partial charge on any atom is -0.341 e. The molecule has 5 heterocycles. The van der Waals surface area contributed by atoms with Crippen LogP contribution in [-0.4, -0.2) is 77.0 Å². The van der Waals surface area contributed by atoms with E-state index < -0.39 is 0 Å². The van der Waals surface area contributed by atoms with Crippen LogP contribution in [0.4, 0.5) is 15.6 Å². The number of hydrogen-bond acceptors (Lipinski definition) is 6. The molecular formula is C27H38N6OS. The van der Waals surface area contributed by atoms with Crippen LogP contribution in [0.25, 0.3) is 0 Å². The minimum atomic E-state index is 0.0912. The molecule has 0 saturated carbocycles. The van der Waals surface area contributed by atoms with Gasteiger partial charge in [0.05, 0.1) is 0 Å². The van der Waals surface area contributed by atoms with E-state index in [9.17, 15) is 4.79 Å². The Bertz CT molecular complexity index is 1060. The second kappa shape index (κ2) is 9.04. The molecule has 3 atom stereocenters. The molecular weight excluding hydrogens is 456 g/mol. The molecule has 0 N–H and O–H groups in total. The van der Waals surface area contributed by atoms with Gasteiger partial charge >= 0.3 is 6.03 Å². The Hall–Kier alpha value is -2.19. The lowest BCUT2D eigenvalue weighted by molar-refractivity contribution is 0.0863. The third-order valence-corrected chi connectivity index (χ3v) is 9.94. The number of likely N-dealkylation sites (tertiary alicyclic amines) is 1. The molecule has 1 spiro atoms. The van der Waals surface area contributed by atoms with Crippen LogP contribution in [0.1, 0.15) is 63.3 Å². The van der Waals surface area contributed by atoms with E-state index in [0.29, 0.717) is 18.1 Å². The summed E-state index contributed by atoms with van der Waals surface area (Å²) in [7, 11) is 3.69. The van der Waals surface area contributed by atoms with Crippen molar-refractivity contribution in [2.24, 2.45) is 0 Å². The van der Waals surface area contributed by atoms with Crippen molar-refractivity contribution < 1.29 is 4.79 Å². The summed E-state index contributed by atoms with van der Waals surface area (Å²) in [6, 6.07) is 10.7. The van der Waals surface area contributed by atoms with Gasteiger partial charge in [0.15, 0.2) is 0 Å². The van der Waals surface area contributed by atoms with Crippen LogP contribution in [-0.2, 0) is 11.8 Å². The molecule has 1 aromatic carbocycles. The van der Waals surface area contributed by atoms with Crippen LogP contribution in [0.2, 0.25) is 0 Å². The van der Waals surface area contributed by atoms with Gasteiger partial charge in [0.2, 0.25) is 5.13 Å². The summed E-state index contributed by atoms with van der Waals surface area (Å²) in [5.41, 5.74) is 2.72. The van der Waals surface area contributed by atoms with Gasteiger partial charge in [-0.25, -0.2) is 9.78 Å². The first kappa shape index (κ1) is 23.2. The minimum absolute atomic E-state index is 0.0912. The SMILES string of the molecule is CCc1nsc(N2C3CC[C@@H]2CC(N2CCC4(CCN(C(=O)N(C)C)c5ccccc54)CC2)C3)n1. The van der Waals surface area contributed by atoms with Gasteiger partial charge in [0, 0.05) is 67.8 Å². The van der Waals surface area contributed by atoms with Gasteiger partial charge in [-0.2, -0.15) is 4.37 Å². The molecule has 0 aliphatic carbocycles. The highest BCUT2D eigenvalue weighted by Crippen LogP contribution is 2.48. The number of carbonyl (C=O) groups is 1. The van der Waals surface area contributed by atoms with Gasteiger partial charge in [-0.05, 0) is 69.7 Å². The van der Waals surface area contributed by atoms with Crippen LogP contribution >= 0.6 is 11.5 Å². The van der Waals surface area contributed by atoms with Crippen molar-refractivity contribution in [1.29, 1.82) is 0 Å². The molecule has 3 saturated heterocycles. The third kappa shape index (κ3) is 3.93. The fraction of sp³-hybridized carbons (Fsp3) is 0.667. The van der Waals surface area contributed by atoms with E-state index in [1.54, 1.807) is 16.4 Å². The third-order valence-electron chi connectivity index (χ3n) is 9.17. The van der Waals surface area contributed by atoms with Crippen LogP contribution in [0, 0.1) is 0 Å². The van der Waals surface area contributed by atoms with Crippen LogP contribution in [0.3, 0.4) is 0 Å². The zero-order valence-corrected chi connectivity index (χ0v) is 22.1. The summed E-state index contributed by atoms with van der Waals surface area (Å²) >= 11 is 1.60. The monoisotopic (exact) mass is 494 g/mol. The Labute approximate surface area is 213 Å². The number of amides is 2. The molecule has 3 fully saturated rings. The Balaban J connectivity index is 1.15. The van der Waals surface area contributed by atoms with Gasteiger partial charge in [-0.1, -0.05) is 25.1 Å². The van der Waals surface area contributed by atoms with Gasteiger partial charge in [0.1, 0.15) is 5.82 Å². The van der Waals surface area contributed by atoms with Crippen molar-refractivity contribution in [2.45, 2.75) is 81.8 Å². The Morgan fingerprint density at radius 1 is 1.06 bits per heavy atom. The highest BCUT2D eigenvalue weighted by Gasteiger charge is 2.47. The largest absolute Gasteiger partial charge is 0.341 e. The number of hydrogen-bond donors (Lipinski definition) is 0. The number of benzene rings is 1. The second-order valence-electron chi connectivity index (χ2n) is 11.2. The number of carbonyl (C=O) groups excluding carboxylic acids is 1. The predicted octanol–water partition coefficient (Wildman–Crippen LogP) is 4.53. The summed E-state index contributed by atoms with van der Waals surface area (Å²) in [6.45, 7) is 5.29. The van der Waals surface area contributed by atoms with E-state index in [0.717, 1.165) is 36.0 Å². The maximum atomic E-state index is 12.8. The molecule has 2 unspecified atom stereocenters. The zero-order chi connectivity index (χ0) is 24.2. The average molecular weight is 495 g/mol. The maximum absolute atomic E-state index is 12.8.